The Hall–Kier alpha value is -2.62. The Morgan fingerprint density at radius 3 is 2.11 bits per heavy atom. The molecule has 2 aromatic rings. The summed E-state index contributed by atoms with van der Waals surface area (Å²) in [6.07, 6.45) is 3.02. The summed E-state index contributed by atoms with van der Waals surface area (Å²) in [5.74, 6) is 1.06. The molecule has 1 aliphatic heterocycles. The van der Waals surface area contributed by atoms with Crippen molar-refractivity contribution in [1.82, 2.24) is 4.90 Å². The fourth-order valence-electron chi connectivity index (χ4n) is 5.18. The second-order valence-corrected chi connectivity index (χ2v) is 7.69. The molecule has 1 amide bonds. The SMILES string of the molecule is CC1=NCCN1[C@H]1CCC(C(C(N)=O)(c2ccccc2)c2ccccc2)C1. The normalized spacial score (nSPS) is 22.7. The second-order valence-electron chi connectivity index (χ2n) is 7.69. The van der Waals surface area contributed by atoms with Gasteiger partial charge in [0.1, 0.15) is 5.41 Å². The molecule has 1 fully saturated rings. The number of carbonyl (C=O) groups excluding carboxylic acids is 1. The first-order valence-corrected chi connectivity index (χ1v) is 9.82. The van der Waals surface area contributed by atoms with E-state index in [1.54, 1.807) is 0 Å². The van der Waals surface area contributed by atoms with Crippen LogP contribution in [0.4, 0.5) is 0 Å². The van der Waals surface area contributed by atoms with E-state index in [0.29, 0.717) is 6.04 Å². The Morgan fingerprint density at radius 1 is 1.04 bits per heavy atom. The molecule has 0 bridgehead atoms. The second kappa shape index (κ2) is 7.18. The molecule has 27 heavy (non-hydrogen) atoms. The van der Waals surface area contributed by atoms with Crippen LogP contribution >= 0.6 is 0 Å². The van der Waals surface area contributed by atoms with Crippen LogP contribution in [0, 0.1) is 5.92 Å². The summed E-state index contributed by atoms with van der Waals surface area (Å²) in [7, 11) is 0. The van der Waals surface area contributed by atoms with Crippen LogP contribution in [0.5, 0.6) is 0 Å². The summed E-state index contributed by atoms with van der Waals surface area (Å²) >= 11 is 0. The highest BCUT2D eigenvalue weighted by Crippen LogP contribution is 2.48. The van der Waals surface area contributed by atoms with E-state index in [4.69, 9.17) is 5.73 Å². The highest BCUT2D eigenvalue weighted by Gasteiger charge is 2.50. The maximum Gasteiger partial charge on any atom is 0.232 e. The van der Waals surface area contributed by atoms with Crippen LogP contribution < -0.4 is 5.73 Å². The van der Waals surface area contributed by atoms with E-state index in [9.17, 15) is 4.79 Å². The number of benzene rings is 2. The van der Waals surface area contributed by atoms with Gasteiger partial charge < -0.3 is 10.6 Å². The summed E-state index contributed by atoms with van der Waals surface area (Å²) in [5.41, 5.74) is 7.38. The third-order valence-electron chi connectivity index (χ3n) is 6.40. The zero-order valence-electron chi connectivity index (χ0n) is 15.8. The Balaban J connectivity index is 1.77. The minimum atomic E-state index is -0.790. The standard InChI is InChI=1S/C23H27N3O/c1-17-25-14-15-26(17)21-13-12-20(16-21)23(22(24)27,18-8-4-2-5-9-18)19-10-6-3-7-11-19/h2-11,20-21H,12-16H2,1H3,(H2,24,27)/t20?,21-/m0/s1. The predicted octanol–water partition coefficient (Wildman–Crippen LogP) is 3.36. The molecule has 4 rings (SSSR count). The topological polar surface area (TPSA) is 58.7 Å². The molecule has 2 atom stereocenters. The first kappa shape index (κ1) is 17.8. The Labute approximate surface area is 161 Å². The molecular formula is C23H27N3O. The van der Waals surface area contributed by atoms with Crippen LogP contribution in [-0.2, 0) is 10.2 Å². The van der Waals surface area contributed by atoms with E-state index in [-0.39, 0.29) is 11.8 Å². The van der Waals surface area contributed by atoms with Gasteiger partial charge in [-0.15, -0.1) is 0 Å². The number of nitrogens with two attached hydrogens (primary N) is 1. The van der Waals surface area contributed by atoms with E-state index >= 15 is 0 Å². The largest absolute Gasteiger partial charge is 0.369 e. The van der Waals surface area contributed by atoms with Crippen molar-refractivity contribution >= 4 is 11.7 Å². The molecule has 4 heteroatoms. The minimum absolute atomic E-state index is 0.179. The van der Waals surface area contributed by atoms with E-state index in [0.717, 1.165) is 49.3 Å². The van der Waals surface area contributed by atoms with Gasteiger partial charge in [0.2, 0.25) is 5.91 Å². The molecule has 0 saturated heterocycles. The zero-order valence-corrected chi connectivity index (χ0v) is 15.8. The first-order chi connectivity index (χ1) is 13.1. The number of hydrogen-bond acceptors (Lipinski definition) is 3. The van der Waals surface area contributed by atoms with Crippen LogP contribution in [0.2, 0.25) is 0 Å². The smallest absolute Gasteiger partial charge is 0.232 e. The van der Waals surface area contributed by atoms with Gasteiger partial charge in [0.25, 0.3) is 0 Å². The third kappa shape index (κ3) is 2.93. The monoisotopic (exact) mass is 361 g/mol. The quantitative estimate of drug-likeness (QED) is 0.888. The fraction of sp³-hybridized carbons (Fsp3) is 0.391. The van der Waals surface area contributed by atoms with Gasteiger partial charge in [-0.25, -0.2) is 0 Å². The molecular weight excluding hydrogens is 334 g/mol. The number of carbonyl (C=O) groups is 1. The van der Waals surface area contributed by atoms with E-state index in [2.05, 4.69) is 16.8 Å². The molecule has 2 aromatic carbocycles. The molecule has 0 aromatic heterocycles. The number of primary amides is 1. The van der Waals surface area contributed by atoms with Crippen molar-refractivity contribution in [2.45, 2.75) is 37.6 Å². The molecule has 0 spiro atoms. The highest BCUT2D eigenvalue weighted by molar-refractivity contribution is 5.91. The van der Waals surface area contributed by atoms with Gasteiger partial charge in [0.05, 0.1) is 12.4 Å². The maximum absolute atomic E-state index is 13.1. The van der Waals surface area contributed by atoms with Gasteiger partial charge in [-0.2, -0.15) is 0 Å². The van der Waals surface area contributed by atoms with Crippen LogP contribution in [-0.4, -0.2) is 35.8 Å². The number of hydrogen-bond donors (Lipinski definition) is 1. The van der Waals surface area contributed by atoms with Gasteiger partial charge in [-0.1, -0.05) is 60.7 Å². The van der Waals surface area contributed by atoms with Gasteiger partial charge in [0, 0.05) is 12.6 Å². The average molecular weight is 361 g/mol. The maximum atomic E-state index is 13.1. The first-order valence-electron chi connectivity index (χ1n) is 9.82. The predicted molar refractivity (Wildman–Crippen MR) is 109 cm³/mol. The average Bonchev–Trinajstić information content (AvgIpc) is 3.33. The van der Waals surface area contributed by atoms with Crippen molar-refractivity contribution in [3.05, 3.63) is 71.8 Å². The molecule has 140 valence electrons. The van der Waals surface area contributed by atoms with Crippen molar-refractivity contribution in [1.29, 1.82) is 0 Å². The van der Waals surface area contributed by atoms with Crippen LogP contribution in [0.25, 0.3) is 0 Å². The lowest BCUT2D eigenvalue weighted by Crippen LogP contribution is -2.48. The lowest BCUT2D eigenvalue weighted by molar-refractivity contribution is -0.123. The zero-order chi connectivity index (χ0) is 18.9. The van der Waals surface area contributed by atoms with E-state index in [1.807, 2.05) is 60.7 Å². The summed E-state index contributed by atoms with van der Waals surface area (Å²) in [6.45, 7) is 3.96. The summed E-state index contributed by atoms with van der Waals surface area (Å²) in [6, 6.07) is 20.6. The number of amides is 1. The van der Waals surface area contributed by atoms with E-state index in [1.165, 1.54) is 0 Å². The summed E-state index contributed by atoms with van der Waals surface area (Å²) in [4.78, 5) is 20.1. The molecule has 4 nitrogen and oxygen atoms in total. The Bertz CT molecular complexity index is 792. The fourth-order valence-corrected chi connectivity index (χ4v) is 5.18. The lowest BCUT2D eigenvalue weighted by atomic mass is 9.64. The molecule has 2 N–H and O–H groups in total. The van der Waals surface area contributed by atoms with Gasteiger partial charge >= 0.3 is 0 Å². The van der Waals surface area contributed by atoms with Crippen LogP contribution in [0.3, 0.4) is 0 Å². The van der Waals surface area contributed by atoms with Crippen LogP contribution in [0.1, 0.15) is 37.3 Å². The number of amidine groups is 1. The van der Waals surface area contributed by atoms with Crippen molar-refractivity contribution in [2.75, 3.05) is 13.1 Å². The summed E-state index contributed by atoms with van der Waals surface area (Å²) in [5, 5.41) is 0. The minimum Gasteiger partial charge on any atom is -0.369 e. The van der Waals surface area contributed by atoms with Crippen molar-refractivity contribution in [3.8, 4) is 0 Å². The van der Waals surface area contributed by atoms with Crippen molar-refractivity contribution < 1.29 is 4.79 Å². The summed E-state index contributed by atoms with van der Waals surface area (Å²) < 4.78 is 0. The third-order valence-corrected chi connectivity index (χ3v) is 6.40. The molecule has 1 heterocycles. The highest BCUT2D eigenvalue weighted by atomic mass is 16.1. The molecule has 1 unspecified atom stereocenters. The Kier molecular flexibility index (Phi) is 4.73. The van der Waals surface area contributed by atoms with Gasteiger partial charge in [-0.05, 0) is 43.2 Å². The number of rotatable bonds is 5. The number of aliphatic imine (C=N–C) groups is 1. The molecule has 0 radical (unpaired) electrons. The molecule has 1 saturated carbocycles. The van der Waals surface area contributed by atoms with Crippen molar-refractivity contribution in [2.24, 2.45) is 16.6 Å². The van der Waals surface area contributed by atoms with Gasteiger partial charge in [0.15, 0.2) is 0 Å². The number of nitrogens with zero attached hydrogens (tertiary/aromatic N) is 2. The van der Waals surface area contributed by atoms with E-state index < -0.39 is 5.41 Å². The Morgan fingerprint density at radius 2 is 1.63 bits per heavy atom. The van der Waals surface area contributed by atoms with Crippen molar-refractivity contribution in [3.63, 3.8) is 0 Å². The molecule has 1 aliphatic carbocycles. The molecule has 2 aliphatic rings. The lowest BCUT2D eigenvalue weighted by Gasteiger charge is -2.38. The van der Waals surface area contributed by atoms with Gasteiger partial charge in [-0.3, -0.25) is 9.79 Å². The van der Waals surface area contributed by atoms with Crippen LogP contribution in [0.15, 0.2) is 65.7 Å².